The van der Waals surface area contributed by atoms with Crippen LogP contribution in [0.4, 0.5) is 0 Å². The van der Waals surface area contributed by atoms with Gasteiger partial charge in [-0.2, -0.15) is 0 Å². The van der Waals surface area contributed by atoms with Crippen molar-refractivity contribution in [1.29, 1.82) is 0 Å². The Morgan fingerprint density at radius 1 is 1.23 bits per heavy atom. The molecule has 0 rings (SSSR count). The molecule has 0 aromatic rings. The molecule has 0 saturated heterocycles. The smallest absolute Gasteiger partial charge is 0.480 e. The molecule has 10 heteroatoms. The van der Waals surface area contributed by atoms with Crippen molar-refractivity contribution in [2.75, 3.05) is 26.3 Å². The van der Waals surface area contributed by atoms with Gasteiger partial charge in [0, 0.05) is 19.2 Å². The highest BCUT2D eigenvalue weighted by Gasteiger charge is 2.25. The summed E-state index contributed by atoms with van der Waals surface area (Å²) in [5, 5.41) is 21.5. The van der Waals surface area contributed by atoms with Gasteiger partial charge in [-0.1, -0.05) is 6.42 Å². The van der Waals surface area contributed by atoms with Crippen molar-refractivity contribution in [2.24, 2.45) is 5.73 Å². The molecule has 132 valence electrons. The molecule has 0 aromatic carbocycles. The standard InChI is InChI=1S/C12H28N2O7Si/c13-5-2-1-4-11(12(16)17)14-8-10(15)9-21-6-3-7-22(18,19)20/h10-11,14-15,18-20H,1-9,13H2,(H,16,17)/t10?,11-/m0/s1. The molecule has 22 heavy (non-hydrogen) atoms. The lowest BCUT2D eigenvalue weighted by molar-refractivity contribution is -0.139. The second kappa shape index (κ2) is 11.9. The van der Waals surface area contributed by atoms with Crippen molar-refractivity contribution in [3.63, 3.8) is 0 Å². The Morgan fingerprint density at radius 3 is 2.45 bits per heavy atom. The zero-order valence-electron chi connectivity index (χ0n) is 12.6. The Hall–Kier alpha value is -0.593. The molecule has 0 spiro atoms. The molecule has 0 bridgehead atoms. The van der Waals surface area contributed by atoms with E-state index in [-0.39, 0.29) is 32.2 Å². The van der Waals surface area contributed by atoms with E-state index in [1.54, 1.807) is 0 Å². The lowest BCUT2D eigenvalue weighted by Crippen LogP contribution is -2.42. The number of carboxylic acid groups (broad SMARTS) is 1. The normalized spacial score (nSPS) is 14.8. The van der Waals surface area contributed by atoms with E-state index >= 15 is 0 Å². The van der Waals surface area contributed by atoms with Gasteiger partial charge in [0.2, 0.25) is 0 Å². The van der Waals surface area contributed by atoms with E-state index in [0.717, 1.165) is 6.42 Å². The quantitative estimate of drug-likeness (QED) is 0.138. The van der Waals surface area contributed by atoms with Gasteiger partial charge >= 0.3 is 14.8 Å². The molecular formula is C12H28N2O7Si. The van der Waals surface area contributed by atoms with Crippen molar-refractivity contribution in [3.05, 3.63) is 0 Å². The first-order chi connectivity index (χ1) is 10.3. The van der Waals surface area contributed by atoms with Gasteiger partial charge in [-0.05, 0) is 25.8 Å². The summed E-state index contributed by atoms with van der Waals surface area (Å²) in [5.74, 6) is -0.972. The molecule has 0 aliphatic heterocycles. The maximum Gasteiger partial charge on any atom is 0.492 e. The van der Waals surface area contributed by atoms with Crippen LogP contribution in [-0.2, 0) is 9.53 Å². The van der Waals surface area contributed by atoms with E-state index < -0.39 is 26.9 Å². The molecule has 0 fully saturated rings. The molecule has 2 atom stereocenters. The summed E-state index contributed by atoms with van der Waals surface area (Å²) in [4.78, 5) is 37.4. The van der Waals surface area contributed by atoms with Crippen LogP contribution in [0.1, 0.15) is 25.7 Å². The Balaban J connectivity index is 3.76. The number of aliphatic carboxylic acids is 1. The highest BCUT2D eigenvalue weighted by Crippen LogP contribution is 2.03. The average molecular weight is 340 g/mol. The van der Waals surface area contributed by atoms with Gasteiger partial charge in [0.25, 0.3) is 0 Å². The second-order valence-electron chi connectivity index (χ2n) is 5.19. The highest BCUT2D eigenvalue weighted by molar-refractivity contribution is 6.56. The third-order valence-electron chi connectivity index (χ3n) is 2.96. The topological polar surface area (TPSA) is 166 Å². The molecule has 0 aliphatic carbocycles. The van der Waals surface area contributed by atoms with E-state index in [4.69, 9.17) is 30.0 Å². The van der Waals surface area contributed by atoms with Gasteiger partial charge in [-0.3, -0.25) is 4.79 Å². The van der Waals surface area contributed by atoms with Crippen molar-refractivity contribution >= 4 is 14.8 Å². The third-order valence-corrected chi connectivity index (χ3v) is 3.98. The van der Waals surface area contributed by atoms with Gasteiger partial charge < -0.3 is 40.4 Å². The number of aliphatic hydroxyl groups is 1. The van der Waals surface area contributed by atoms with Crippen LogP contribution < -0.4 is 11.1 Å². The molecule has 0 heterocycles. The molecule has 1 unspecified atom stereocenters. The lowest BCUT2D eigenvalue weighted by atomic mass is 10.1. The first kappa shape index (κ1) is 21.4. The molecule has 0 aromatic heterocycles. The van der Waals surface area contributed by atoms with Crippen LogP contribution in [0.25, 0.3) is 0 Å². The maximum atomic E-state index is 11.0. The fourth-order valence-electron chi connectivity index (χ4n) is 1.77. The van der Waals surface area contributed by atoms with Crippen LogP contribution in [0.3, 0.4) is 0 Å². The predicted molar refractivity (Wildman–Crippen MR) is 81.0 cm³/mol. The van der Waals surface area contributed by atoms with Gasteiger partial charge in [-0.25, -0.2) is 0 Å². The van der Waals surface area contributed by atoms with Crippen LogP contribution in [-0.4, -0.2) is 77.8 Å². The van der Waals surface area contributed by atoms with Crippen molar-refractivity contribution in [1.82, 2.24) is 5.32 Å². The SMILES string of the molecule is NCCCC[C@H](NCC(O)COCCC[Si](O)(O)O)C(=O)O. The summed E-state index contributed by atoms with van der Waals surface area (Å²) in [7, 11) is -4.02. The number of hydrogen-bond acceptors (Lipinski definition) is 8. The summed E-state index contributed by atoms with van der Waals surface area (Å²) in [6.45, 7) is 0.770. The Morgan fingerprint density at radius 2 is 1.91 bits per heavy atom. The van der Waals surface area contributed by atoms with Gasteiger partial charge in [0.05, 0.1) is 12.7 Å². The Bertz CT molecular complexity index is 302. The molecule has 0 amide bonds. The number of ether oxygens (including phenoxy) is 1. The van der Waals surface area contributed by atoms with Crippen molar-refractivity contribution in [2.45, 2.75) is 43.9 Å². The maximum absolute atomic E-state index is 11.0. The zero-order chi connectivity index (χ0) is 17.0. The molecule has 8 N–H and O–H groups in total. The fraction of sp³-hybridized carbons (Fsp3) is 0.917. The van der Waals surface area contributed by atoms with E-state index in [1.165, 1.54) is 0 Å². The van der Waals surface area contributed by atoms with Gasteiger partial charge in [-0.15, -0.1) is 0 Å². The second-order valence-corrected chi connectivity index (χ2v) is 7.24. The number of carbonyl (C=O) groups is 1. The molecular weight excluding hydrogens is 312 g/mol. The fourth-order valence-corrected chi connectivity index (χ4v) is 2.39. The predicted octanol–water partition coefficient (Wildman–Crippen LogP) is -2.16. The molecule has 0 saturated carbocycles. The first-order valence-corrected chi connectivity index (χ1v) is 9.40. The van der Waals surface area contributed by atoms with Crippen LogP contribution in [0.2, 0.25) is 6.04 Å². The molecule has 0 aliphatic rings. The molecule has 0 radical (unpaired) electrons. The zero-order valence-corrected chi connectivity index (χ0v) is 13.6. The minimum Gasteiger partial charge on any atom is -0.480 e. The highest BCUT2D eigenvalue weighted by atomic mass is 28.4. The van der Waals surface area contributed by atoms with Gasteiger partial charge in [0.1, 0.15) is 6.04 Å². The average Bonchev–Trinajstić information content (AvgIpc) is 2.40. The van der Waals surface area contributed by atoms with E-state index in [2.05, 4.69) is 5.32 Å². The number of carboxylic acids is 1. The number of unbranched alkanes of at least 4 members (excludes halogenated alkanes) is 1. The van der Waals surface area contributed by atoms with Gasteiger partial charge in [0.15, 0.2) is 0 Å². The summed E-state index contributed by atoms with van der Waals surface area (Å²) in [6.07, 6.45) is 1.30. The Labute approximate surface area is 131 Å². The number of hydrogen-bond donors (Lipinski definition) is 7. The van der Waals surface area contributed by atoms with E-state index in [9.17, 15) is 9.90 Å². The van der Waals surface area contributed by atoms with E-state index in [0.29, 0.717) is 19.4 Å². The number of rotatable bonds is 14. The van der Waals surface area contributed by atoms with Crippen LogP contribution >= 0.6 is 0 Å². The van der Waals surface area contributed by atoms with Crippen LogP contribution in [0, 0.1) is 0 Å². The lowest BCUT2D eigenvalue weighted by Gasteiger charge is -2.17. The molecule has 9 nitrogen and oxygen atoms in total. The number of aliphatic hydroxyl groups excluding tert-OH is 1. The largest absolute Gasteiger partial charge is 0.492 e. The first-order valence-electron chi connectivity index (χ1n) is 7.35. The monoisotopic (exact) mass is 340 g/mol. The van der Waals surface area contributed by atoms with Crippen molar-refractivity contribution < 1.29 is 34.1 Å². The summed E-state index contributed by atoms with van der Waals surface area (Å²) in [6, 6.07) is -0.852. The Kier molecular flexibility index (Phi) is 11.6. The number of nitrogens with two attached hydrogens (primary N) is 1. The number of nitrogens with one attached hydrogen (secondary N) is 1. The minimum atomic E-state index is -4.02. The van der Waals surface area contributed by atoms with Crippen LogP contribution in [0.15, 0.2) is 0 Å². The van der Waals surface area contributed by atoms with Crippen LogP contribution in [0.5, 0.6) is 0 Å². The third kappa shape index (κ3) is 13.1. The van der Waals surface area contributed by atoms with Crippen molar-refractivity contribution in [3.8, 4) is 0 Å². The summed E-state index contributed by atoms with van der Waals surface area (Å²) in [5.41, 5.74) is 5.35. The minimum absolute atomic E-state index is 0.00101. The van der Waals surface area contributed by atoms with E-state index in [1.807, 2.05) is 0 Å². The summed E-state index contributed by atoms with van der Waals surface area (Å²) >= 11 is 0. The summed E-state index contributed by atoms with van der Waals surface area (Å²) < 4.78 is 5.12.